The van der Waals surface area contributed by atoms with E-state index in [0.717, 1.165) is 109 Å². The van der Waals surface area contributed by atoms with Gasteiger partial charge in [0.1, 0.15) is 5.78 Å². The molecule has 13 heteroatoms. The summed E-state index contributed by atoms with van der Waals surface area (Å²) in [6.07, 6.45) is 20.7. The normalized spacial score (nSPS) is 14.5. The van der Waals surface area contributed by atoms with E-state index in [0.29, 0.717) is 54.6 Å². The summed E-state index contributed by atoms with van der Waals surface area (Å²) in [6.45, 7) is 0.653. The smallest absolute Gasteiger partial charge is 0.333 e. The van der Waals surface area contributed by atoms with Gasteiger partial charge in [0, 0.05) is 64.3 Å². The summed E-state index contributed by atoms with van der Waals surface area (Å²) in [7, 11) is 0. The number of hydrogen-bond donors (Lipinski definition) is 1. The third-order valence-electron chi connectivity index (χ3n) is 8.97. The number of hydrogen-bond acceptors (Lipinski definition) is 10. The van der Waals surface area contributed by atoms with E-state index in [1.165, 1.54) is 0 Å². The van der Waals surface area contributed by atoms with Gasteiger partial charge in [-0.2, -0.15) is 0 Å². The van der Waals surface area contributed by atoms with E-state index in [1.807, 2.05) is 0 Å². The Kier molecular flexibility index (Phi) is 22.3. The molecule has 13 nitrogen and oxygen atoms in total. The Morgan fingerprint density at radius 2 is 0.720 bits per heavy atom. The number of rotatable bonds is 30. The molecular weight excluding hydrogens is 646 g/mol. The van der Waals surface area contributed by atoms with E-state index >= 15 is 0 Å². The maximum Gasteiger partial charge on any atom is 0.333 e. The highest BCUT2D eigenvalue weighted by atomic mass is 16.7. The second-order valence-electron chi connectivity index (χ2n) is 13.4. The molecule has 5 amide bonds. The number of carbonyl (C=O) groups excluding carboxylic acids is 8. The molecule has 1 N–H and O–H groups in total. The Hall–Kier alpha value is -3.64. The average molecular weight is 706 g/mol. The van der Waals surface area contributed by atoms with Crippen LogP contribution in [-0.4, -0.2) is 63.9 Å². The van der Waals surface area contributed by atoms with Crippen molar-refractivity contribution >= 4 is 47.3 Å². The molecule has 2 rings (SSSR count). The quantitative estimate of drug-likeness (QED) is 0.0665. The van der Waals surface area contributed by atoms with Crippen LogP contribution in [0.5, 0.6) is 0 Å². The minimum Gasteiger partial charge on any atom is -0.356 e. The van der Waals surface area contributed by atoms with E-state index < -0.39 is 35.6 Å². The second kappa shape index (κ2) is 26.2. The molecule has 2 aliphatic rings. The number of Topliss-reactive ketones (excluding diaryl/α,β-unsaturated/α-hetero) is 1. The SMILES string of the molecule is O=C(CCCCCCCCCCC(=O)NCCCCCCCC(=O)ON1C(=O)CCC1=O)CCCCCCCCC(=O)ON1C(=O)CCC1=O. The van der Waals surface area contributed by atoms with Crippen molar-refractivity contribution in [1.82, 2.24) is 15.4 Å². The van der Waals surface area contributed by atoms with Gasteiger partial charge < -0.3 is 15.0 Å². The van der Waals surface area contributed by atoms with Crippen molar-refractivity contribution < 1.29 is 48.0 Å². The Morgan fingerprint density at radius 1 is 0.420 bits per heavy atom. The van der Waals surface area contributed by atoms with Gasteiger partial charge in [-0.3, -0.25) is 28.8 Å². The van der Waals surface area contributed by atoms with Gasteiger partial charge in [0.15, 0.2) is 0 Å². The molecule has 282 valence electrons. The van der Waals surface area contributed by atoms with E-state index in [-0.39, 0.29) is 44.4 Å². The van der Waals surface area contributed by atoms with Gasteiger partial charge in [0.25, 0.3) is 23.6 Å². The largest absolute Gasteiger partial charge is 0.356 e. The number of amides is 5. The van der Waals surface area contributed by atoms with Gasteiger partial charge >= 0.3 is 11.9 Å². The number of ketones is 1. The summed E-state index contributed by atoms with van der Waals surface area (Å²) in [5, 5.41) is 4.15. The molecule has 0 unspecified atom stereocenters. The molecule has 0 aromatic carbocycles. The average Bonchev–Trinajstić information content (AvgIpc) is 3.58. The molecule has 0 aromatic rings. The zero-order chi connectivity index (χ0) is 36.4. The molecule has 0 spiro atoms. The van der Waals surface area contributed by atoms with Crippen molar-refractivity contribution in [3.63, 3.8) is 0 Å². The number of carbonyl (C=O) groups is 8. The lowest BCUT2D eigenvalue weighted by atomic mass is 10.0. The highest BCUT2D eigenvalue weighted by molar-refractivity contribution is 6.02. The molecule has 2 saturated heterocycles. The first kappa shape index (κ1) is 42.5. The van der Waals surface area contributed by atoms with Gasteiger partial charge in [0.2, 0.25) is 5.91 Å². The number of hydroxylamine groups is 4. The summed E-state index contributed by atoms with van der Waals surface area (Å²) in [5.74, 6) is -2.53. The zero-order valence-corrected chi connectivity index (χ0v) is 30.0. The first-order valence-corrected chi connectivity index (χ1v) is 19.1. The van der Waals surface area contributed by atoms with Crippen molar-refractivity contribution in [2.24, 2.45) is 0 Å². The second-order valence-corrected chi connectivity index (χ2v) is 13.4. The van der Waals surface area contributed by atoms with E-state index in [4.69, 9.17) is 9.68 Å². The van der Waals surface area contributed by atoms with Crippen LogP contribution in [0.4, 0.5) is 0 Å². The molecule has 50 heavy (non-hydrogen) atoms. The maximum atomic E-state index is 12.2. The minimum absolute atomic E-state index is 0.0908. The lowest BCUT2D eigenvalue weighted by Crippen LogP contribution is -2.31. The third-order valence-corrected chi connectivity index (χ3v) is 8.97. The van der Waals surface area contributed by atoms with Gasteiger partial charge in [-0.05, 0) is 38.5 Å². The van der Waals surface area contributed by atoms with Crippen LogP contribution in [0.15, 0.2) is 0 Å². The molecule has 0 saturated carbocycles. The van der Waals surface area contributed by atoms with Crippen LogP contribution in [-0.2, 0) is 48.0 Å². The predicted molar refractivity (Wildman–Crippen MR) is 183 cm³/mol. The third kappa shape index (κ3) is 19.5. The summed E-state index contributed by atoms with van der Waals surface area (Å²) in [6, 6.07) is 0. The lowest BCUT2D eigenvalue weighted by molar-refractivity contribution is -0.197. The molecule has 0 atom stereocenters. The van der Waals surface area contributed by atoms with E-state index in [1.54, 1.807) is 0 Å². The van der Waals surface area contributed by atoms with Crippen LogP contribution in [0.25, 0.3) is 0 Å². The number of nitrogens with zero attached hydrogens (tertiary/aromatic N) is 2. The Morgan fingerprint density at radius 3 is 1.10 bits per heavy atom. The highest BCUT2D eigenvalue weighted by Gasteiger charge is 2.33. The fourth-order valence-corrected chi connectivity index (χ4v) is 5.94. The van der Waals surface area contributed by atoms with Crippen molar-refractivity contribution in [1.29, 1.82) is 0 Å². The number of imide groups is 2. The molecular formula is C37H59N3O10. The monoisotopic (exact) mass is 705 g/mol. The topological polar surface area (TPSA) is 174 Å². The molecule has 2 aliphatic heterocycles. The van der Waals surface area contributed by atoms with Crippen LogP contribution in [0, 0.1) is 0 Å². The summed E-state index contributed by atoms with van der Waals surface area (Å²) >= 11 is 0. The fraction of sp³-hybridized carbons (Fsp3) is 0.784. The molecule has 2 fully saturated rings. The molecule has 2 heterocycles. The Labute approximate surface area is 296 Å². The fourth-order valence-electron chi connectivity index (χ4n) is 5.94. The first-order valence-electron chi connectivity index (χ1n) is 19.1. The molecule has 0 bridgehead atoms. The van der Waals surface area contributed by atoms with Crippen molar-refractivity contribution in [2.45, 2.75) is 180 Å². The van der Waals surface area contributed by atoms with Gasteiger partial charge in [-0.15, -0.1) is 10.1 Å². The van der Waals surface area contributed by atoms with Crippen LogP contribution in [0.3, 0.4) is 0 Å². The van der Waals surface area contributed by atoms with Crippen molar-refractivity contribution in [2.75, 3.05) is 6.54 Å². The number of nitrogens with one attached hydrogen (secondary N) is 1. The van der Waals surface area contributed by atoms with E-state index in [9.17, 15) is 38.4 Å². The highest BCUT2D eigenvalue weighted by Crippen LogP contribution is 2.17. The standard InChI is InChI=1S/C37H59N3O10/c41-30(21-15-9-5-6-11-17-23-36(47)49-39-32(43)25-26-33(39)44)20-14-8-3-1-2-4-10-16-22-31(42)38-29-19-13-7-12-18-24-37(48)50-40-34(45)27-28-35(40)46/h1-29H2,(H,38,42). The summed E-state index contributed by atoms with van der Waals surface area (Å²) in [4.78, 5) is 103. The number of unbranched alkanes of at least 4 members (excludes halogenated alkanes) is 16. The first-order chi connectivity index (χ1) is 24.2. The Bertz CT molecular complexity index is 1010. The zero-order valence-electron chi connectivity index (χ0n) is 30.0. The molecule has 0 aliphatic carbocycles. The van der Waals surface area contributed by atoms with Crippen LogP contribution >= 0.6 is 0 Å². The predicted octanol–water partition coefficient (Wildman–Crippen LogP) is 6.25. The van der Waals surface area contributed by atoms with Crippen molar-refractivity contribution in [3.8, 4) is 0 Å². The van der Waals surface area contributed by atoms with Gasteiger partial charge in [-0.1, -0.05) is 83.5 Å². The molecule has 0 aromatic heterocycles. The Balaban J connectivity index is 1.25. The minimum atomic E-state index is -0.560. The van der Waals surface area contributed by atoms with Crippen LogP contribution in [0.2, 0.25) is 0 Å². The van der Waals surface area contributed by atoms with E-state index in [2.05, 4.69) is 5.32 Å². The summed E-state index contributed by atoms with van der Waals surface area (Å²) in [5.41, 5.74) is 0. The van der Waals surface area contributed by atoms with Gasteiger partial charge in [-0.25, -0.2) is 9.59 Å². The maximum absolute atomic E-state index is 12.2. The molecule has 0 radical (unpaired) electrons. The van der Waals surface area contributed by atoms with Crippen molar-refractivity contribution in [3.05, 3.63) is 0 Å². The van der Waals surface area contributed by atoms with Crippen LogP contribution in [0.1, 0.15) is 180 Å². The van der Waals surface area contributed by atoms with Gasteiger partial charge in [0.05, 0.1) is 0 Å². The summed E-state index contributed by atoms with van der Waals surface area (Å²) < 4.78 is 0. The van der Waals surface area contributed by atoms with Crippen LogP contribution < -0.4 is 5.32 Å². The lowest BCUT2D eigenvalue weighted by Gasteiger charge is -2.12.